The zero-order valence-corrected chi connectivity index (χ0v) is 15.4. The molecule has 1 aliphatic heterocycles. The largest absolute Gasteiger partial charge is 0.385 e. The standard InChI is InChI=1S/C20H23BrN2O/c21-15-8-9-20-18(12-15)17-6-2-3-7-19(17)23(20)14-16(24)13-22-10-4-1-5-11-22/h2-3,6-9,12,16,24H,1,4-5,10-11,13-14H2/p+1/t16-/m1/s1. The number of likely N-dealkylation sites (tertiary alicyclic amines) is 1. The van der Waals surface area contributed by atoms with Crippen LogP contribution in [0.4, 0.5) is 0 Å². The van der Waals surface area contributed by atoms with Gasteiger partial charge in [0.1, 0.15) is 12.6 Å². The summed E-state index contributed by atoms with van der Waals surface area (Å²) < 4.78 is 3.38. The maximum atomic E-state index is 10.7. The Hall–Kier alpha value is -1.36. The summed E-state index contributed by atoms with van der Waals surface area (Å²) in [5.41, 5.74) is 2.41. The van der Waals surface area contributed by atoms with E-state index in [2.05, 4.69) is 63.0 Å². The molecule has 0 saturated carbocycles. The summed E-state index contributed by atoms with van der Waals surface area (Å²) in [7, 11) is 0. The number of para-hydroxylation sites is 1. The molecule has 2 heterocycles. The number of nitrogens with one attached hydrogen (secondary N) is 1. The van der Waals surface area contributed by atoms with Gasteiger partial charge in [0.2, 0.25) is 0 Å². The summed E-state index contributed by atoms with van der Waals surface area (Å²) in [6, 6.07) is 14.9. The van der Waals surface area contributed by atoms with Crippen molar-refractivity contribution in [1.29, 1.82) is 0 Å². The van der Waals surface area contributed by atoms with Gasteiger partial charge in [0.25, 0.3) is 0 Å². The SMILES string of the molecule is O[C@@H](Cn1c2ccccc2c2cc(Br)ccc21)C[NH+]1CCCCC1. The van der Waals surface area contributed by atoms with Gasteiger partial charge in [-0.25, -0.2) is 0 Å². The van der Waals surface area contributed by atoms with Crippen LogP contribution in [0, 0.1) is 0 Å². The highest BCUT2D eigenvalue weighted by molar-refractivity contribution is 9.10. The Labute approximate surface area is 151 Å². The number of halogens is 1. The second-order valence-corrected chi connectivity index (χ2v) is 7.87. The zero-order valence-electron chi connectivity index (χ0n) is 13.8. The number of hydrogen-bond donors (Lipinski definition) is 2. The molecule has 0 spiro atoms. The predicted molar refractivity (Wildman–Crippen MR) is 103 cm³/mol. The first-order valence-corrected chi connectivity index (χ1v) is 9.70. The van der Waals surface area contributed by atoms with Gasteiger partial charge < -0.3 is 14.6 Å². The molecule has 1 aliphatic rings. The monoisotopic (exact) mass is 387 g/mol. The fourth-order valence-electron chi connectivity index (χ4n) is 4.09. The van der Waals surface area contributed by atoms with Crippen molar-refractivity contribution in [3.63, 3.8) is 0 Å². The van der Waals surface area contributed by atoms with Crippen molar-refractivity contribution in [1.82, 2.24) is 4.57 Å². The molecule has 3 aromatic rings. The Morgan fingerprint density at radius 1 is 1.00 bits per heavy atom. The Morgan fingerprint density at radius 2 is 1.75 bits per heavy atom. The van der Waals surface area contributed by atoms with Crippen LogP contribution in [0.25, 0.3) is 21.8 Å². The Bertz CT molecular complexity index is 851. The minimum atomic E-state index is -0.305. The van der Waals surface area contributed by atoms with Crippen LogP contribution >= 0.6 is 15.9 Å². The highest BCUT2D eigenvalue weighted by atomic mass is 79.9. The molecule has 2 N–H and O–H groups in total. The first-order valence-electron chi connectivity index (χ1n) is 8.90. The van der Waals surface area contributed by atoms with Crippen LogP contribution in [0.1, 0.15) is 19.3 Å². The van der Waals surface area contributed by atoms with Crippen molar-refractivity contribution in [2.75, 3.05) is 19.6 Å². The number of aliphatic hydroxyl groups excluding tert-OH is 1. The predicted octanol–water partition coefficient (Wildman–Crippen LogP) is 2.99. The van der Waals surface area contributed by atoms with Crippen molar-refractivity contribution in [2.45, 2.75) is 31.9 Å². The van der Waals surface area contributed by atoms with Gasteiger partial charge in [0.15, 0.2) is 0 Å². The molecule has 0 amide bonds. The van der Waals surface area contributed by atoms with E-state index in [0.717, 1.165) is 11.0 Å². The average molecular weight is 388 g/mol. The van der Waals surface area contributed by atoms with E-state index in [1.165, 1.54) is 54.2 Å². The molecule has 3 nitrogen and oxygen atoms in total. The second kappa shape index (κ2) is 6.87. The van der Waals surface area contributed by atoms with E-state index in [-0.39, 0.29) is 6.10 Å². The molecule has 1 atom stereocenters. The average Bonchev–Trinajstić information content (AvgIpc) is 2.89. The molecule has 4 rings (SSSR count). The fraction of sp³-hybridized carbons (Fsp3) is 0.400. The Balaban J connectivity index is 1.67. The second-order valence-electron chi connectivity index (χ2n) is 6.96. The fourth-order valence-corrected chi connectivity index (χ4v) is 4.45. The van der Waals surface area contributed by atoms with Crippen molar-refractivity contribution in [3.8, 4) is 0 Å². The summed E-state index contributed by atoms with van der Waals surface area (Å²) in [5.74, 6) is 0. The van der Waals surface area contributed by atoms with Crippen LogP contribution < -0.4 is 4.90 Å². The molecule has 0 aliphatic carbocycles. The molecule has 2 aromatic carbocycles. The molecular formula is C20H24BrN2O+. The third-order valence-electron chi connectivity index (χ3n) is 5.21. The summed E-state index contributed by atoms with van der Waals surface area (Å²) in [5, 5.41) is 13.2. The number of rotatable bonds is 4. The van der Waals surface area contributed by atoms with Crippen LogP contribution in [-0.4, -0.2) is 35.4 Å². The van der Waals surface area contributed by atoms with E-state index in [9.17, 15) is 5.11 Å². The third-order valence-corrected chi connectivity index (χ3v) is 5.71. The van der Waals surface area contributed by atoms with Gasteiger partial charge in [-0.3, -0.25) is 0 Å². The number of hydrogen-bond acceptors (Lipinski definition) is 1. The lowest BCUT2D eigenvalue weighted by atomic mass is 10.1. The summed E-state index contributed by atoms with van der Waals surface area (Å²) in [6.07, 6.45) is 3.64. The van der Waals surface area contributed by atoms with Gasteiger partial charge >= 0.3 is 0 Å². The molecule has 4 heteroatoms. The smallest absolute Gasteiger partial charge is 0.121 e. The molecule has 0 unspecified atom stereocenters. The van der Waals surface area contributed by atoms with Gasteiger partial charge in [0, 0.05) is 26.3 Å². The van der Waals surface area contributed by atoms with Crippen molar-refractivity contribution in [3.05, 3.63) is 46.9 Å². The van der Waals surface area contributed by atoms with Crippen LogP contribution in [0.15, 0.2) is 46.9 Å². The number of nitrogens with zero attached hydrogens (tertiary/aromatic N) is 1. The highest BCUT2D eigenvalue weighted by Gasteiger charge is 2.20. The van der Waals surface area contributed by atoms with Gasteiger partial charge in [-0.1, -0.05) is 34.1 Å². The topological polar surface area (TPSA) is 29.6 Å². The van der Waals surface area contributed by atoms with Crippen LogP contribution in [0.5, 0.6) is 0 Å². The molecule has 24 heavy (non-hydrogen) atoms. The Kier molecular flexibility index (Phi) is 4.61. The summed E-state index contributed by atoms with van der Waals surface area (Å²) >= 11 is 3.58. The molecule has 1 aromatic heterocycles. The van der Waals surface area contributed by atoms with Crippen LogP contribution in [0.2, 0.25) is 0 Å². The number of benzene rings is 2. The molecule has 0 bridgehead atoms. The van der Waals surface area contributed by atoms with E-state index in [0.29, 0.717) is 6.54 Å². The van der Waals surface area contributed by atoms with Gasteiger partial charge in [-0.05, 0) is 43.5 Å². The molecule has 1 fully saturated rings. The van der Waals surface area contributed by atoms with Crippen molar-refractivity contribution < 1.29 is 10.0 Å². The van der Waals surface area contributed by atoms with E-state index in [4.69, 9.17) is 0 Å². The minimum Gasteiger partial charge on any atom is -0.385 e. The van der Waals surface area contributed by atoms with Crippen LogP contribution in [-0.2, 0) is 6.54 Å². The van der Waals surface area contributed by atoms with Gasteiger partial charge in [-0.2, -0.15) is 0 Å². The highest BCUT2D eigenvalue weighted by Crippen LogP contribution is 2.31. The molecular weight excluding hydrogens is 364 g/mol. The maximum Gasteiger partial charge on any atom is 0.121 e. The van der Waals surface area contributed by atoms with Crippen LogP contribution in [0.3, 0.4) is 0 Å². The third kappa shape index (κ3) is 3.10. The lowest BCUT2D eigenvalue weighted by Gasteiger charge is -2.26. The van der Waals surface area contributed by atoms with E-state index in [1.54, 1.807) is 4.90 Å². The number of aliphatic hydroxyl groups is 1. The number of piperidine rings is 1. The number of quaternary nitrogens is 1. The van der Waals surface area contributed by atoms with Gasteiger partial charge in [0.05, 0.1) is 19.6 Å². The first kappa shape index (κ1) is 16.1. The molecule has 0 radical (unpaired) electrons. The van der Waals surface area contributed by atoms with E-state index < -0.39 is 0 Å². The maximum absolute atomic E-state index is 10.7. The number of aromatic nitrogens is 1. The zero-order chi connectivity index (χ0) is 16.5. The lowest BCUT2D eigenvalue weighted by molar-refractivity contribution is -0.908. The Morgan fingerprint density at radius 3 is 2.58 bits per heavy atom. The normalized spacial score (nSPS) is 17.6. The van der Waals surface area contributed by atoms with Gasteiger partial charge in [-0.15, -0.1) is 0 Å². The summed E-state index contributed by atoms with van der Waals surface area (Å²) in [6.45, 7) is 3.92. The van der Waals surface area contributed by atoms with E-state index >= 15 is 0 Å². The van der Waals surface area contributed by atoms with E-state index in [1.807, 2.05) is 0 Å². The first-order chi connectivity index (χ1) is 11.7. The number of fused-ring (bicyclic) bond motifs is 3. The molecule has 1 saturated heterocycles. The van der Waals surface area contributed by atoms with Crippen molar-refractivity contribution >= 4 is 37.7 Å². The quantitative estimate of drug-likeness (QED) is 0.707. The van der Waals surface area contributed by atoms with Crippen molar-refractivity contribution in [2.24, 2.45) is 0 Å². The molecule has 126 valence electrons. The minimum absolute atomic E-state index is 0.305. The lowest BCUT2D eigenvalue weighted by Crippen LogP contribution is -3.13. The summed E-state index contributed by atoms with van der Waals surface area (Å²) in [4.78, 5) is 1.55.